The molecule has 2 nitrogen and oxygen atoms in total. The Morgan fingerprint density at radius 3 is 2.35 bits per heavy atom. The largest absolute Gasteiger partial charge is 0.244 e. The van der Waals surface area contributed by atoms with Gasteiger partial charge in [0.25, 0.3) is 0 Å². The van der Waals surface area contributed by atoms with Crippen LogP contribution in [0.15, 0.2) is 61.1 Å². The van der Waals surface area contributed by atoms with E-state index in [0.29, 0.717) is 10.0 Å². The Bertz CT molecular complexity index is 739. The summed E-state index contributed by atoms with van der Waals surface area (Å²) in [6.45, 7) is 0. The highest BCUT2D eigenvalue weighted by Crippen LogP contribution is 2.31. The number of hydrogen-bond donors (Lipinski definition) is 0. The summed E-state index contributed by atoms with van der Waals surface area (Å²) in [7, 11) is 0. The summed E-state index contributed by atoms with van der Waals surface area (Å²) >= 11 is 12.0. The van der Waals surface area contributed by atoms with Gasteiger partial charge < -0.3 is 0 Å². The minimum Gasteiger partial charge on any atom is -0.244 e. The first-order valence-corrected chi connectivity index (χ1v) is 6.81. The molecule has 2 aromatic carbocycles. The smallest absolute Gasteiger partial charge is 0.116 e. The van der Waals surface area contributed by atoms with Gasteiger partial charge in [-0.3, -0.25) is 0 Å². The number of nitrogens with zero attached hydrogens (tertiary/aromatic N) is 2. The second-order valence-corrected chi connectivity index (χ2v) is 5.18. The van der Waals surface area contributed by atoms with E-state index in [1.807, 2.05) is 48.5 Å². The van der Waals surface area contributed by atoms with Gasteiger partial charge in [-0.15, -0.1) is 0 Å². The van der Waals surface area contributed by atoms with Crippen molar-refractivity contribution in [2.75, 3.05) is 0 Å². The molecule has 0 N–H and O–H groups in total. The van der Waals surface area contributed by atoms with E-state index in [1.54, 1.807) is 6.20 Å². The Hall–Kier alpha value is -1.90. The molecule has 0 aliphatic rings. The molecule has 4 heteroatoms. The van der Waals surface area contributed by atoms with Gasteiger partial charge in [-0.2, -0.15) is 0 Å². The average molecular weight is 301 g/mol. The summed E-state index contributed by atoms with van der Waals surface area (Å²) in [4.78, 5) is 8.50. The van der Waals surface area contributed by atoms with Crippen LogP contribution >= 0.6 is 23.2 Å². The maximum atomic E-state index is 6.05. The van der Waals surface area contributed by atoms with Crippen molar-refractivity contribution in [3.05, 3.63) is 71.1 Å². The molecule has 0 amide bonds. The van der Waals surface area contributed by atoms with Gasteiger partial charge >= 0.3 is 0 Å². The zero-order chi connectivity index (χ0) is 13.9. The van der Waals surface area contributed by atoms with Gasteiger partial charge in [0, 0.05) is 27.4 Å². The number of halogens is 2. The van der Waals surface area contributed by atoms with Crippen molar-refractivity contribution < 1.29 is 0 Å². The number of aromatic nitrogens is 2. The fourth-order valence-electron chi connectivity index (χ4n) is 2.04. The number of hydrogen-bond acceptors (Lipinski definition) is 2. The third-order valence-electron chi connectivity index (χ3n) is 2.97. The molecule has 1 heterocycles. The van der Waals surface area contributed by atoms with E-state index >= 15 is 0 Å². The summed E-state index contributed by atoms with van der Waals surface area (Å²) in [5.41, 5.74) is 3.78. The maximum Gasteiger partial charge on any atom is 0.116 e. The standard InChI is InChI=1S/C16H10Cl2N2/c17-13-6-4-11(5-7-13)15-9-19-10-20-16(15)12-2-1-3-14(18)8-12/h1-10H. The summed E-state index contributed by atoms with van der Waals surface area (Å²) < 4.78 is 0. The van der Waals surface area contributed by atoms with E-state index in [0.717, 1.165) is 22.4 Å². The lowest BCUT2D eigenvalue weighted by molar-refractivity contribution is 1.17. The van der Waals surface area contributed by atoms with Crippen molar-refractivity contribution in [1.29, 1.82) is 0 Å². The van der Waals surface area contributed by atoms with Crippen LogP contribution in [0.2, 0.25) is 10.0 Å². The molecule has 1 aromatic heterocycles. The van der Waals surface area contributed by atoms with Crippen LogP contribution in [0, 0.1) is 0 Å². The van der Waals surface area contributed by atoms with Gasteiger partial charge in [0.1, 0.15) is 6.33 Å². The van der Waals surface area contributed by atoms with Crippen LogP contribution in [0.25, 0.3) is 22.4 Å². The molecule has 0 unspecified atom stereocenters. The van der Waals surface area contributed by atoms with E-state index in [4.69, 9.17) is 23.2 Å². The van der Waals surface area contributed by atoms with E-state index in [1.165, 1.54) is 6.33 Å². The summed E-state index contributed by atoms with van der Waals surface area (Å²) in [6.07, 6.45) is 3.34. The van der Waals surface area contributed by atoms with Gasteiger partial charge in [-0.05, 0) is 29.8 Å². The molecule has 0 radical (unpaired) electrons. The lowest BCUT2D eigenvalue weighted by Gasteiger charge is -2.08. The van der Waals surface area contributed by atoms with Gasteiger partial charge in [0.15, 0.2) is 0 Å². The molecule has 0 saturated carbocycles. The molecule has 0 atom stereocenters. The van der Waals surface area contributed by atoms with E-state index in [9.17, 15) is 0 Å². The highest BCUT2D eigenvalue weighted by Gasteiger charge is 2.09. The van der Waals surface area contributed by atoms with Crippen LogP contribution in [0.1, 0.15) is 0 Å². The first kappa shape index (κ1) is 13.1. The minimum absolute atomic E-state index is 0.683. The van der Waals surface area contributed by atoms with Gasteiger partial charge in [-0.25, -0.2) is 9.97 Å². The molecule has 0 bridgehead atoms. The molecule has 0 spiro atoms. The zero-order valence-corrected chi connectivity index (χ0v) is 11.9. The van der Waals surface area contributed by atoms with Crippen LogP contribution in [0.3, 0.4) is 0 Å². The van der Waals surface area contributed by atoms with Crippen molar-refractivity contribution in [2.45, 2.75) is 0 Å². The predicted octanol–water partition coefficient (Wildman–Crippen LogP) is 5.12. The molecule has 98 valence electrons. The Balaban J connectivity index is 2.16. The van der Waals surface area contributed by atoms with Crippen LogP contribution in [-0.2, 0) is 0 Å². The predicted molar refractivity (Wildman–Crippen MR) is 82.9 cm³/mol. The average Bonchev–Trinajstić information content (AvgIpc) is 2.48. The molecule has 3 aromatic rings. The SMILES string of the molecule is Clc1ccc(-c2cncnc2-c2cccc(Cl)c2)cc1. The normalized spacial score (nSPS) is 10.5. The number of rotatable bonds is 2. The van der Waals surface area contributed by atoms with Crippen LogP contribution < -0.4 is 0 Å². The van der Waals surface area contributed by atoms with Crippen LogP contribution in [-0.4, -0.2) is 9.97 Å². The molecular weight excluding hydrogens is 291 g/mol. The number of benzene rings is 2. The highest BCUT2D eigenvalue weighted by atomic mass is 35.5. The molecule has 0 fully saturated rings. The Kier molecular flexibility index (Phi) is 3.68. The van der Waals surface area contributed by atoms with E-state index in [2.05, 4.69) is 9.97 Å². The Labute approximate surface area is 127 Å². The lowest BCUT2D eigenvalue weighted by atomic mass is 10.0. The fourth-order valence-corrected chi connectivity index (χ4v) is 2.35. The highest BCUT2D eigenvalue weighted by molar-refractivity contribution is 6.31. The van der Waals surface area contributed by atoms with Crippen molar-refractivity contribution >= 4 is 23.2 Å². The van der Waals surface area contributed by atoms with Gasteiger partial charge in [-0.1, -0.05) is 47.5 Å². The van der Waals surface area contributed by atoms with Crippen molar-refractivity contribution in [1.82, 2.24) is 9.97 Å². The maximum absolute atomic E-state index is 6.05. The molecular formula is C16H10Cl2N2. The minimum atomic E-state index is 0.683. The summed E-state index contributed by atoms with van der Waals surface area (Å²) in [5.74, 6) is 0. The fraction of sp³-hybridized carbons (Fsp3) is 0. The Morgan fingerprint density at radius 2 is 1.60 bits per heavy atom. The van der Waals surface area contributed by atoms with Gasteiger partial charge in [0.2, 0.25) is 0 Å². The molecule has 20 heavy (non-hydrogen) atoms. The zero-order valence-electron chi connectivity index (χ0n) is 10.4. The van der Waals surface area contributed by atoms with E-state index < -0.39 is 0 Å². The van der Waals surface area contributed by atoms with Crippen molar-refractivity contribution in [3.8, 4) is 22.4 Å². The monoisotopic (exact) mass is 300 g/mol. The third kappa shape index (κ3) is 2.67. The third-order valence-corrected chi connectivity index (χ3v) is 3.45. The van der Waals surface area contributed by atoms with Crippen molar-refractivity contribution in [3.63, 3.8) is 0 Å². The topological polar surface area (TPSA) is 25.8 Å². The van der Waals surface area contributed by atoms with Crippen LogP contribution in [0.4, 0.5) is 0 Å². The van der Waals surface area contributed by atoms with Crippen molar-refractivity contribution in [2.24, 2.45) is 0 Å². The van der Waals surface area contributed by atoms with Crippen LogP contribution in [0.5, 0.6) is 0 Å². The molecule has 0 aliphatic heterocycles. The molecule has 0 saturated heterocycles. The Morgan fingerprint density at radius 1 is 0.800 bits per heavy atom. The van der Waals surface area contributed by atoms with E-state index in [-0.39, 0.29) is 0 Å². The molecule has 0 aliphatic carbocycles. The first-order valence-electron chi connectivity index (χ1n) is 6.06. The summed E-state index contributed by atoms with van der Waals surface area (Å²) in [5, 5.41) is 1.39. The second-order valence-electron chi connectivity index (χ2n) is 4.30. The quantitative estimate of drug-likeness (QED) is 0.656. The second kappa shape index (κ2) is 5.61. The first-order chi connectivity index (χ1) is 9.74. The van der Waals surface area contributed by atoms with Gasteiger partial charge in [0.05, 0.1) is 5.69 Å². The summed E-state index contributed by atoms with van der Waals surface area (Å²) in [6, 6.07) is 15.2. The lowest BCUT2D eigenvalue weighted by Crippen LogP contribution is -1.90. The molecule has 3 rings (SSSR count).